The van der Waals surface area contributed by atoms with Crippen molar-refractivity contribution in [1.29, 1.82) is 0 Å². The number of halogens is 1. The molecule has 256 valence electrons. The summed E-state index contributed by atoms with van der Waals surface area (Å²) in [6.45, 7) is 10.9. The number of carbonyl (C=O) groups excluding carboxylic acids is 2. The topological polar surface area (TPSA) is 108 Å². The van der Waals surface area contributed by atoms with Crippen LogP contribution in [0.3, 0.4) is 0 Å². The number of anilines is 2. The molecule has 0 atom stereocenters. The monoisotopic (exact) mass is 709 g/mol. The van der Waals surface area contributed by atoms with E-state index in [1.165, 1.54) is 12.8 Å². The normalized spacial score (nSPS) is 17.1. The van der Waals surface area contributed by atoms with E-state index >= 15 is 0 Å². The Balaban J connectivity index is 0.000000229. The lowest BCUT2D eigenvalue weighted by Gasteiger charge is -2.34. The predicted octanol–water partition coefficient (Wildman–Crippen LogP) is 8.73. The molecule has 2 saturated carbocycles. The third-order valence-corrected chi connectivity index (χ3v) is 9.63. The zero-order valence-electron chi connectivity index (χ0n) is 28.8. The Labute approximate surface area is 288 Å². The molecule has 0 saturated heterocycles. The van der Waals surface area contributed by atoms with Crippen LogP contribution in [0.5, 0.6) is 0 Å². The largest absolute Gasteiger partial charge is 0.466 e. The molecule has 47 heavy (non-hydrogen) atoms. The van der Waals surface area contributed by atoms with Gasteiger partial charge in [-0.1, -0.05) is 50.7 Å². The number of hydrogen-bond donors (Lipinski definition) is 1. The van der Waals surface area contributed by atoms with Gasteiger partial charge in [0.05, 0.1) is 35.8 Å². The van der Waals surface area contributed by atoms with E-state index in [0.29, 0.717) is 26.1 Å². The van der Waals surface area contributed by atoms with Gasteiger partial charge in [0, 0.05) is 30.3 Å². The van der Waals surface area contributed by atoms with Crippen LogP contribution in [0.2, 0.25) is 0 Å². The molecule has 5 rings (SSSR count). The third kappa shape index (κ3) is 9.87. The Morgan fingerprint density at radius 2 is 1.30 bits per heavy atom. The summed E-state index contributed by atoms with van der Waals surface area (Å²) in [6.07, 6.45) is 13.4. The molecular weight excluding hydrogens is 658 g/mol. The molecule has 2 fully saturated rings. The molecule has 3 aromatic heterocycles. The number of pyridine rings is 2. The van der Waals surface area contributed by atoms with Crippen LogP contribution in [0.4, 0.5) is 11.6 Å². The van der Waals surface area contributed by atoms with Gasteiger partial charge in [-0.3, -0.25) is 9.59 Å². The van der Waals surface area contributed by atoms with Crippen molar-refractivity contribution in [2.45, 2.75) is 117 Å². The van der Waals surface area contributed by atoms with Gasteiger partial charge in [0.1, 0.15) is 16.2 Å². The minimum Gasteiger partial charge on any atom is -0.466 e. The summed E-state index contributed by atoms with van der Waals surface area (Å²) in [4.78, 5) is 34.3. The SMILES string of the molecule is CCOC(=O)C1(Cc2cccc(Br)n2)CCCCC1.CCOC(=O)C1(Cc2cccc(Nc3ccnn3C(C)(C)C)n2)CCCCC1. The highest BCUT2D eigenvalue weighted by Gasteiger charge is 2.42. The van der Waals surface area contributed by atoms with E-state index < -0.39 is 5.41 Å². The molecule has 0 bridgehead atoms. The van der Waals surface area contributed by atoms with Gasteiger partial charge >= 0.3 is 11.9 Å². The fraction of sp³-hybridized carbons (Fsp3) is 0.595. The highest BCUT2D eigenvalue weighted by molar-refractivity contribution is 9.10. The maximum absolute atomic E-state index is 12.7. The number of aromatic nitrogens is 4. The van der Waals surface area contributed by atoms with Gasteiger partial charge in [-0.2, -0.15) is 5.10 Å². The lowest BCUT2D eigenvalue weighted by Crippen LogP contribution is -2.37. The zero-order chi connectivity index (χ0) is 33.9. The van der Waals surface area contributed by atoms with Gasteiger partial charge in [0.15, 0.2) is 0 Å². The quantitative estimate of drug-likeness (QED) is 0.164. The molecule has 0 aliphatic heterocycles. The van der Waals surface area contributed by atoms with E-state index in [1.54, 1.807) is 6.20 Å². The van der Waals surface area contributed by atoms with Crippen LogP contribution in [0, 0.1) is 10.8 Å². The molecule has 0 amide bonds. The number of ether oxygens (including phenoxy) is 2. The van der Waals surface area contributed by atoms with Gasteiger partial charge in [0.2, 0.25) is 0 Å². The Bertz CT molecular complexity index is 1450. The van der Waals surface area contributed by atoms with Gasteiger partial charge in [-0.05, 0) is 100 Å². The molecule has 0 spiro atoms. The van der Waals surface area contributed by atoms with Crippen molar-refractivity contribution in [3.05, 3.63) is 64.7 Å². The molecule has 3 aromatic rings. The Morgan fingerprint density at radius 3 is 1.79 bits per heavy atom. The first-order valence-corrected chi connectivity index (χ1v) is 18.0. The van der Waals surface area contributed by atoms with Crippen LogP contribution in [-0.2, 0) is 37.4 Å². The molecule has 0 radical (unpaired) electrons. The molecule has 2 aliphatic carbocycles. The summed E-state index contributed by atoms with van der Waals surface area (Å²) in [5.41, 5.74) is 0.959. The second-order valence-electron chi connectivity index (χ2n) is 13.9. The van der Waals surface area contributed by atoms with E-state index in [1.807, 2.05) is 61.0 Å². The van der Waals surface area contributed by atoms with E-state index in [4.69, 9.17) is 14.5 Å². The second kappa shape index (κ2) is 16.7. The maximum atomic E-state index is 12.7. The summed E-state index contributed by atoms with van der Waals surface area (Å²) < 4.78 is 13.5. The van der Waals surface area contributed by atoms with Crippen LogP contribution in [-0.4, -0.2) is 44.9 Å². The van der Waals surface area contributed by atoms with Crippen LogP contribution in [0.1, 0.15) is 110 Å². The van der Waals surface area contributed by atoms with Crippen molar-refractivity contribution < 1.29 is 19.1 Å². The molecule has 3 heterocycles. The summed E-state index contributed by atoms with van der Waals surface area (Å²) >= 11 is 3.39. The number of rotatable bonds is 10. The highest BCUT2D eigenvalue weighted by atomic mass is 79.9. The van der Waals surface area contributed by atoms with Crippen molar-refractivity contribution in [3.63, 3.8) is 0 Å². The Morgan fingerprint density at radius 1 is 0.787 bits per heavy atom. The van der Waals surface area contributed by atoms with Crippen LogP contribution in [0.15, 0.2) is 53.3 Å². The van der Waals surface area contributed by atoms with Gasteiger partial charge in [0.25, 0.3) is 0 Å². The van der Waals surface area contributed by atoms with Crippen LogP contribution in [0.25, 0.3) is 0 Å². The van der Waals surface area contributed by atoms with Gasteiger partial charge < -0.3 is 14.8 Å². The number of nitrogens with zero attached hydrogens (tertiary/aromatic N) is 4. The molecule has 0 unspecified atom stereocenters. The zero-order valence-corrected chi connectivity index (χ0v) is 30.4. The third-order valence-electron chi connectivity index (χ3n) is 9.19. The second-order valence-corrected chi connectivity index (χ2v) is 14.7. The minimum absolute atomic E-state index is 0.0449. The van der Waals surface area contributed by atoms with E-state index in [-0.39, 0.29) is 22.9 Å². The van der Waals surface area contributed by atoms with Crippen molar-refractivity contribution in [2.24, 2.45) is 10.8 Å². The number of hydrogen-bond acceptors (Lipinski definition) is 8. The minimum atomic E-state index is -0.437. The standard InChI is InChI=1S/C22H32N4O2.C15H20BrNO2/c1-5-28-20(27)22(13-7-6-8-14-22)16-17-10-9-11-18(24-17)25-19-12-15-23-26(19)21(2,3)4;1-2-19-14(18)15(9-4-3-5-10-15)11-12-7-6-8-13(16)17-12/h9-12,15H,5-8,13-14,16H2,1-4H3,(H,24,25);6-8H,2-5,9-11H2,1H3. The Kier molecular flexibility index (Phi) is 13.0. The molecule has 1 N–H and O–H groups in total. The summed E-state index contributed by atoms with van der Waals surface area (Å²) in [6, 6.07) is 13.7. The number of nitrogens with one attached hydrogen (secondary N) is 1. The fourth-order valence-corrected chi connectivity index (χ4v) is 7.27. The van der Waals surface area contributed by atoms with Crippen molar-refractivity contribution in [2.75, 3.05) is 18.5 Å². The van der Waals surface area contributed by atoms with E-state index in [2.05, 4.69) is 52.1 Å². The molecular formula is C37H52BrN5O4. The smallest absolute Gasteiger partial charge is 0.312 e. The predicted molar refractivity (Wildman–Crippen MR) is 188 cm³/mol. The lowest BCUT2D eigenvalue weighted by atomic mass is 9.71. The van der Waals surface area contributed by atoms with Crippen LogP contribution < -0.4 is 5.32 Å². The molecule has 0 aromatic carbocycles. The number of esters is 2. The summed E-state index contributed by atoms with van der Waals surface area (Å²) in [5, 5.41) is 7.80. The van der Waals surface area contributed by atoms with Crippen molar-refractivity contribution >= 4 is 39.5 Å². The van der Waals surface area contributed by atoms with Gasteiger partial charge in [-0.25, -0.2) is 14.6 Å². The van der Waals surface area contributed by atoms with E-state index in [0.717, 1.165) is 79.0 Å². The highest BCUT2D eigenvalue weighted by Crippen LogP contribution is 2.41. The van der Waals surface area contributed by atoms with Gasteiger partial charge in [-0.15, -0.1) is 0 Å². The lowest BCUT2D eigenvalue weighted by molar-refractivity contribution is -0.158. The maximum Gasteiger partial charge on any atom is 0.312 e. The Hall–Kier alpha value is -3.27. The first kappa shape index (κ1) is 36.6. The van der Waals surface area contributed by atoms with Crippen LogP contribution >= 0.6 is 15.9 Å². The first-order chi connectivity index (χ1) is 22.5. The molecule has 9 nitrogen and oxygen atoms in total. The average Bonchev–Trinajstić information content (AvgIpc) is 3.52. The first-order valence-electron chi connectivity index (χ1n) is 17.2. The van der Waals surface area contributed by atoms with E-state index in [9.17, 15) is 9.59 Å². The average molecular weight is 711 g/mol. The number of carbonyl (C=O) groups is 2. The molecule has 10 heteroatoms. The molecule has 2 aliphatic rings. The summed E-state index contributed by atoms with van der Waals surface area (Å²) in [5.74, 6) is 1.55. The fourth-order valence-electron chi connectivity index (χ4n) is 6.89. The van der Waals surface area contributed by atoms with Crippen molar-refractivity contribution in [3.8, 4) is 0 Å². The van der Waals surface area contributed by atoms with Crippen molar-refractivity contribution in [1.82, 2.24) is 19.7 Å². The summed E-state index contributed by atoms with van der Waals surface area (Å²) in [7, 11) is 0.